The first-order valence-electron chi connectivity index (χ1n) is 13.1. The number of carbonyl (C=O) groups excluding carboxylic acids is 3. The van der Waals surface area contributed by atoms with Gasteiger partial charge in [0.15, 0.2) is 6.61 Å². The number of ether oxygens (including phenoxy) is 5. The number of nitrogens with zero attached hydrogens (tertiary/aromatic N) is 2. The Balaban J connectivity index is 2.58. The van der Waals surface area contributed by atoms with Gasteiger partial charge in [0.1, 0.15) is 42.2 Å². The fraction of sp³-hybridized carbons (Fsp3) is 0.655. The molecule has 1 aromatic carbocycles. The highest BCUT2D eigenvalue weighted by molar-refractivity contribution is 9.10. The lowest BCUT2D eigenvalue weighted by molar-refractivity contribution is -0.158. The number of aliphatic imine (C=N–C) groups is 1. The fourth-order valence-corrected chi connectivity index (χ4v) is 4.08. The lowest BCUT2D eigenvalue weighted by Gasteiger charge is -2.29. The topological polar surface area (TPSA) is 113 Å². The Bertz CT molecular complexity index is 1110. The Morgan fingerprint density at radius 2 is 1.35 bits per heavy atom. The van der Waals surface area contributed by atoms with E-state index in [4.69, 9.17) is 23.7 Å². The molecule has 0 aromatic heterocycles. The van der Waals surface area contributed by atoms with E-state index in [1.165, 1.54) is 4.90 Å². The summed E-state index contributed by atoms with van der Waals surface area (Å²) in [6, 6.07) is 3.34. The number of esters is 3. The molecule has 40 heavy (non-hydrogen) atoms. The molecule has 1 aromatic rings. The van der Waals surface area contributed by atoms with Crippen LogP contribution in [0.5, 0.6) is 5.75 Å². The number of rotatable bonds is 9. The molecule has 0 saturated heterocycles. The Hall–Kier alpha value is -2.82. The van der Waals surface area contributed by atoms with E-state index in [9.17, 15) is 14.4 Å². The first-order valence-corrected chi connectivity index (χ1v) is 13.9. The van der Waals surface area contributed by atoms with E-state index in [2.05, 4.69) is 20.9 Å². The van der Waals surface area contributed by atoms with E-state index < -0.39 is 46.9 Å². The predicted octanol–water partition coefficient (Wildman–Crippen LogP) is 5.21. The smallest absolute Gasteiger partial charge is 0.344 e. The van der Waals surface area contributed by atoms with Crippen LogP contribution >= 0.6 is 15.9 Å². The third-order valence-electron chi connectivity index (χ3n) is 4.83. The van der Waals surface area contributed by atoms with E-state index in [-0.39, 0.29) is 18.8 Å². The van der Waals surface area contributed by atoms with Crippen molar-refractivity contribution in [3.8, 4) is 5.75 Å². The molecule has 2 rings (SSSR count). The molecule has 1 heterocycles. The Labute approximate surface area is 245 Å². The van der Waals surface area contributed by atoms with Crippen molar-refractivity contribution in [2.45, 2.75) is 98.5 Å². The van der Waals surface area contributed by atoms with Crippen molar-refractivity contribution in [1.82, 2.24) is 0 Å². The summed E-state index contributed by atoms with van der Waals surface area (Å²) in [6.45, 7) is 19.1. The minimum absolute atomic E-state index is 0.228. The standard InChI is InChI=1S/C29H43BrN2O8/c1-26(2,3)38-22(33)14-32(15-23(34)39-27(4,5)6)20-12-18(25-31-29(10,11)17-37-25)19(30)13-21(20)36-16-24(35)40-28(7,8)9/h12-13H,14-17H2,1-11H3. The zero-order valence-electron chi connectivity index (χ0n) is 25.5. The van der Waals surface area contributed by atoms with Crippen LogP contribution < -0.4 is 9.64 Å². The zero-order chi connectivity index (χ0) is 30.7. The molecule has 0 amide bonds. The van der Waals surface area contributed by atoms with Gasteiger partial charge in [-0.3, -0.25) is 9.59 Å². The van der Waals surface area contributed by atoms with Crippen LogP contribution in [-0.2, 0) is 33.3 Å². The molecule has 10 nitrogen and oxygen atoms in total. The van der Waals surface area contributed by atoms with Gasteiger partial charge in [-0.1, -0.05) is 0 Å². The first kappa shape index (κ1) is 33.4. The molecule has 1 aliphatic heterocycles. The number of anilines is 1. The molecule has 224 valence electrons. The van der Waals surface area contributed by atoms with Crippen molar-refractivity contribution in [3.05, 3.63) is 22.2 Å². The molecule has 11 heteroatoms. The molecule has 0 bridgehead atoms. The molecular formula is C29H43BrN2O8. The zero-order valence-corrected chi connectivity index (χ0v) is 27.1. The van der Waals surface area contributed by atoms with Gasteiger partial charge in [0.05, 0.1) is 16.8 Å². The average Bonchev–Trinajstić information content (AvgIpc) is 3.07. The SMILES string of the molecule is CC1(C)COC(c2cc(N(CC(=O)OC(C)(C)C)CC(=O)OC(C)(C)C)c(OCC(=O)OC(C)(C)C)cc2Br)=N1. The summed E-state index contributed by atoms with van der Waals surface area (Å²) in [6.07, 6.45) is 0. The molecule has 0 fully saturated rings. The van der Waals surface area contributed by atoms with E-state index in [0.717, 1.165) is 0 Å². The van der Waals surface area contributed by atoms with Gasteiger partial charge in [-0.15, -0.1) is 0 Å². The summed E-state index contributed by atoms with van der Waals surface area (Å²) in [5.41, 5.74) is -1.68. The maximum Gasteiger partial charge on any atom is 0.344 e. The average molecular weight is 628 g/mol. The second kappa shape index (κ2) is 12.4. The van der Waals surface area contributed by atoms with Gasteiger partial charge in [0.25, 0.3) is 0 Å². The van der Waals surface area contributed by atoms with Gasteiger partial charge >= 0.3 is 17.9 Å². The quantitative estimate of drug-likeness (QED) is 0.269. The van der Waals surface area contributed by atoms with Crippen LogP contribution in [0.1, 0.15) is 81.7 Å². The van der Waals surface area contributed by atoms with Crippen LogP contribution in [0.3, 0.4) is 0 Å². The maximum atomic E-state index is 12.9. The first-order chi connectivity index (χ1) is 18.0. The van der Waals surface area contributed by atoms with E-state index >= 15 is 0 Å². The highest BCUT2D eigenvalue weighted by atomic mass is 79.9. The second-order valence-electron chi connectivity index (χ2n) is 13.2. The monoisotopic (exact) mass is 626 g/mol. The van der Waals surface area contributed by atoms with Crippen molar-refractivity contribution in [2.24, 2.45) is 4.99 Å². The summed E-state index contributed by atoms with van der Waals surface area (Å²) in [7, 11) is 0. The van der Waals surface area contributed by atoms with Gasteiger partial charge in [-0.25, -0.2) is 9.79 Å². The van der Waals surface area contributed by atoms with Crippen molar-refractivity contribution in [1.29, 1.82) is 0 Å². The highest BCUT2D eigenvalue weighted by Gasteiger charge is 2.31. The van der Waals surface area contributed by atoms with Gasteiger partial charge in [-0.2, -0.15) is 0 Å². The van der Waals surface area contributed by atoms with Crippen LogP contribution in [0.15, 0.2) is 21.6 Å². The molecule has 0 spiro atoms. The van der Waals surface area contributed by atoms with Gasteiger partial charge < -0.3 is 28.6 Å². The predicted molar refractivity (Wildman–Crippen MR) is 156 cm³/mol. The van der Waals surface area contributed by atoms with Crippen LogP contribution in [0.2, 0.25) is 0 Å². The molecule has 0 atom stereocenters. The van der Waals surface area contributed by atoms with E-state index in [1.807, 2.05) is 13.8 Å². The van der Waals surface area contributed by atoms with Crippen LogP contribution in [-0.4, -0.2) is 72.5 Å². The second-order valence-corrected chi connectivity index (χ2v) is 14.1. The van der Waals surface area contributed by atoms with E-state index in [1.54, 1.807) is 74.4 Å². The van der Waals surface area contributed by atoms with Crippen molar-refractivity contribution < 1.29 is 38.1 Å². The number of hydrogen-bond acceptors (Lipinski definition) is 10. The molecule has 0 radical (unpaired) electrons. The lowest BCUT2D eigenvalue weighted by atomic mass is 10.1. The maximum absolute atomic E-state index is 12.9. The van der Waals surface area contributed by atoms with Crippen LogP contribution in [0.4, 0.5) is 5.69 Å². The fourth-order valence-electron chi connectivity index (χ4n) is 3.59. The Morgan fingerprint density at radius 1 is 0.875 bits per heavy atom. The summed E-state index contributed by atoms with van der Waals surface area (Å²) in [5.74, 6) is -1.07. The lowest BCUT2D eigenvalue weighted by Crippen LogP contribution is -2.40. The largest absolute Gasteiger partial charge is 0.480 e. The number of benzene rings is 1. The van der Waals surface area contributed by atoms with Gasteiger partial charge in [0, 0.05) is 4.47 Å². The Morgan fingerprint density at radius 3 is 1.77 bits per heavy atom. The highest BCUT2D eigenvalue weighted by Crippen LogP contribution is 2.37. The number of halogens is 1. The molecule has 0 unspecified atom stereocenters. The molecule has 0 saturated carbocycles. The minimum atomic E-state index is -0.742. The summed E-state index contributed by atoms with van der Waals surface area (Å²) in [5, 5.41) is 0. The summed E-state index contributed by atoms with van der Waals surface area (Å²) in [4.78, 5) is 44.5. The molecular weight excluding hydrogens is 584 g/mol. The number of hydrogen-bond donors (Lipinski definition) is 0. The molecule has 0 N–H and O–H groups in total. The molecule has 0 aliphatic carbocycles. The third kappa shape index (κ3) is 11.3. The summed E-state index contributed by atoms with van der Waals surface area (Å²) < 4.78 is 28.8. The Kier molecular flexibility index (Phi) is 10.3. The van der Waals surface area contributed by atoms with Crippen molar-refractivity contribution >= 4 is 45.4 Å². The summed E-state index contributed by atoms with van der Waals surface area (Å²) >= 11 is 3.56. The van der Waals surface area contributed by atoms with Crippen LogP contribution in [0, 0.1) is 0 Å². The van der Waals surface area contributed by atoms with Crippen molar-refractivity contribution in [2.75, 3.05) is 31.2 Å². The van der Waals surface area contributed by atoms with Crippen molar-refractivity contribution in [3.63, 3.8) is 0 Å². The van der Waals surface area contributed by atoms with Gasteiger partial charge in [-0.05, 0) is 104 Å². The third-order valence-corrected chi connectivity index (χ3v) is 5.49. The number of carbonyl (C=O) groups is 3. The van der Waals surface area contributed by atoms with E-state index in [0.29, 0.717) is 28.2 Å². The normalized spacial score (nSPS) is 15.1. The van der Waals surface area contributed by atoms with Gasteiger partial charge in [0.2, 0.25) is 5.90 Å². The minimum Gasteiger partial charge on any atom is -0.480 e. The molecule has 1 aliphatic rings. The van der Waals surface area contributed by atoms with Crippen LogP contribution in [0.25, 0.3) is 0 Å².